The first kappa shape index (κ1) is 17.6. The molecule has 5 rings (SSSR count). The zero-order valence-corrected chi connectivity index (χ0v) is 16.7. The smallest absolute Gasteiger partial charge is 0.150 e. The molecule has 0 aromatic carbocycles. The zero-order valence-electron chi connectivity index (χ0n) is 15.9. The Hall–Kier alpha value is -2.52. The molecule has 3 aromatic rings. The van der Waals surface area contributed by atoms with Crippen molar-refractivity contribution in [1.29, 1.82) is 0 Å². The van der Waals surface area contributed by atoms with E-state index in [-0.39, 0.29) is 0 Å². The minimum absolute atomic E-state index is 0.757. The summed E-state index contributed by atoms with van der Waals surface area (Å²) in [5, 5.41) is 2.08. The van der Waals surface area contributed by atoms with Crippen LogP contribution in [0.5, 0.6) is 0 Å². The average molecular weight is 398 g/mol. The molecule has 0 saturated carbocycles. The van der Waals surface area contributed by atoms with Gasteiger partial charge in [-0.05, 0) is 18.4 Å². The number of anilines is 3. The van der Waals surface area contributed by atoms with E-state index in [9.17, 15) is 0 Å². The second-order valence-electron chi connectivity index (χ2n) is 7.04. The van der Waals surface area contributed by atoms with E-state index >= 15 is 0 Å². The van der Waals surface area contributed by atoms with E-state index in [1.165, 1.54) is 4.70 Å². The van der Waals surface area contributed by atoms with E-state index in [0.717, 1.165) is 81.3 Å². The number of fused-ring (bicyclic) bond motifs is 1. The van der Waals surface area contributed by atoms with Crippen LogP contribution in [-0.4, -0.2) is 72.4 Å². The molecule has 0 atom stereocenters. The van der Waals surface area contributed by atoms with Crippen LogP contribution >= 0.6 is 11.3 Å². The maximum absolute atomic E-state index is 5.47. The topological polar surface area (TPSA) is 70.5 Å². The van der Waals surface area contributed by atoms with E-state index in [1.807, 2.05) is 6.92 Å². The highest BCUT2D eigenvalue weighted by atomic mass is 32.1. The van der Waals surface area contributed by atoms with Crippen molar-refractivity contribution in [3.63, 3.8) is 0 Å². The molecular weight excluding hydrogens is 374 g/mol. The van der Waals surface area contributed by atoms with Gasteiger partial charge in [0.2, 0.25) is 0 Å². The summed E-state index contributed by atoms with van der Waals surface area (Å²) in [5.74, 6) is 3.88. The fourth-order valence-electron chi connectivity index (χ4n) is 3.80. The van der Waals surface area contributed by atoms with Crippen LogP contribution in [0.4, 0.5) is 17.5 Å². The molecule has 5 heterocycles. The number of aryl methyl sites for hydroxylation is 1. The van der Waals surface area contributed by atoms with Crippen molar-refractivity contribution >= 4 is 39.0 Å². The highest BCUT2D eigenvalue weighted by Gasteiger charge is 2.23. The molecule has 0 amide bonds. The summed E-state index contributed by atoms with van der Waals surface area (Å²) < 4.78 is 6.64. The Morgan fingerprint density at radius 3 is 2.32 bits per heavy atom. The number of ether oxygens (including phenoxy) is 1. The van der Waals surface area contributed by atoms with E-state index in [4.69, 9.17) is 9.72 Å². The van der Waals surface area contributed by atoms with Crippen LogP contribution in [0, 0.1) is 6.92 Å². The zero-order chi connectivity index (χ0) is 18.9. The van der Waals surface area contributed by atoms with E-state index in [1.54, 1.807) is 17.7 Å². The van der Waals surface area contributed by atoms with Crippen molar-refractivity contribution in [2.75, 3.05) is 67.2 Å². The van der Waals surface area contributed by atoms with Gasteiger partial charge in [-0.1, -0.05) is 0 Å². The Kier molecular flexibility index (Phi) is 4.69. The van der Waals surface area contributed by atoms with E-state index in [2.05, 4.69) is 47.2 Å². The van der Waals surface area contributed by atoms with Crippen LogP contribution in [0.15, 0.2) is 23.8 Å². The van der Waals surface area contributed by atoms with Crippen molar-refractivity contribution in [2.24, 2.45) is 0 Å². The summed E-state index contributed by atoms with van der Waals surface area (Å²) in [7, 11) is 0. The molecule has 2 fully saturated rings. The van der Waals surface area contributed by atoms with Gasteiger partial charge in [-0.2, -0.15) is 0 Å². The number of hydrogen-bond acceptors (Lipinski definition) is 9. The van der Waals surface area contributed by atoms with Crippen LogP contribution in [0.1, 0.15) is 5.82 Å². The van der Waals surface area contributed by atoms with Crippen LogP contribution in [0.2, 0.25) is 0 Å². The van der Waals surface area contributed by atoms with Gasteiger partial charge in [-0.3, -0.25) is 0 Å². The third-order valence-corrected chi connectivity index (χ3v) is 6.17. The van der Waals surface area contributed by atoms with Crippen LogP contribution in [0.3, 0.4) is 0 Å². The van der Waals surface area contributed by atoms with Crippen molar-refractivity contribution < 1.29 is 4.74 Å². The lowest BCUT2D eigenvalue weighted by Crippen LogP contribution is -2.47. The molecular formula is C19H23N7OS. The Labute approximate surface area is 167 Å². The highest BCUT2D eigenvalue weighted by molar-refractivity contribution is 7.17. The third-order valence-electron chi connectivity index (χ3n) is 5.27. The maximum Gasteiger partial charge on any atom is 0.150 e. The largest absolute Gasteiger partial charge is 0.378 e. The number of nitrogens with zero attached hydrogens (tertiary/aromatic N) is 7. The van der Waals surface area contributed by atoms with Gasteiger partial charge in [-0.15, -0.1) is 11.3 Å². The number of hydrogen-bond donors (Lipinski definition) is 0. The molecule has 0 spiro atoms. The van der Waals surface area contributed by atoms with Gasteiger partial charge in [0.05, 0.1) is 23.4 Å². The first-order valence-corrected chi connectivity index (χ1v) is 10.5. The molecule has 0 bridgehead atoms. The summed E-state index contributed by atoms with van der Waals surface area (Å²) in [5.41, 5.74) is 1.03. The Morgan fingerprint density at radius 2 is 1.57 bits per heavy atom. The number of morpholine rings is 1. The second-order valence-corrected chi connectivity index (χ2v) is 7.95. The van der Waals surface area contributed by atoms with E-state index < -0.39 is 0 Å². The molecule has 2 saturated heterocycles. The predicted molar refractivity (Wildman–Crippen MR) is 112 cm³/mol. The SMILES string of the molecule is Cc1nc(N2CCOCC2)cc(N2CCN(c3ncnc4ccsc34)CC2)n1. The molecule has 0 unspecified atom stereocenters. The summed E-state index contributed by atoms with van der Waals surface area (Å²) in [4.78, 5) is 25.3. The van der Waals surface area contributed by atoms with Gasteiger partial charge in [-0.25, -0.2) is 19.9 Å². The predicted octanol–water partition coefficient (Wildman–Crippen LogP) is 1.95. The molecule has 0 N–H and O–H groups in total. The Balaban J connectivity index is 1.33. The average Bonchev–Trinajstić information content (AvgIpc) is 3.23. The van der Waals surface area contributed by atoms with Gasteiger partial charge in [0, 0.05) is 45.3 Å². The molecule has 28 heavy (non-hydrogen) atoms. The summed E-state index contributed by atoms with van der Waals surface area (Å²) >= 11 is 1.71. The maximum atomic E-state index is 5.47. The lowest BCUT2D eigenvalue weighted by atomic mass is 10.3. The molecule has 9 heteroatoms. The molecule has 8 nitrogen and oxygen atoms in total. The molecule has 146 valence electrons. The lowest BCUT2D eigenvalue weighted by molar-refractivity contribution is 0.122. The minimum Gasteiger partial charge on any atom is -0.378 e. The Morgan fingerprint density at radius 1 is 0.893 bits per heavy atom. The molecule has 2 aliphatic heterocycles. The molecule has 0 aliphatic carbocycles. The third kappa shape index (κ3) is 3.35. The first-order chi connectivity index (χ1) is 13.8. The number of rotatable bonds is 3. The normalized spacial score (nSPS) is 18.1. The molecule has 0 radical (unpaired) electrons. The quantitative estimate of drug-likeness (QED) is 0.664. The van der Waals surface area contributed by atoms with Gasteiger partial charge in [0.15, 0.2) is 0 Å². The van der Waals surface area contributed by atoms with Crippen LogP contribution in [-0.2, 0) is 4.74 Å². The summed E-state index contributed by atoms with van der Waals surface area (Å²) in [6, 6.07) is 4.18. The second kappa shape index (κ2) is 7.48. The number of thiophene rings is 1. The van der Waals surface area contributed by atoms with E-state index in [0.29, 0.717) is 0 Å². The van der Waals surface area contributed by atoms with Crippen molar-refractivity contribution in [3.8, 4) is 0 Å². The standard InChI is InChI=1S/C19H23N7OS/c1-14-22-16(12-17(23-14)25-7-9-27-10-8-25)24-3-5-26(6-4-24)19-18-15(2-11-28-18)20-13-21-19/h2,11-13H,3-10H2,1H3. The minimum atomic E-state index is 0.757. The number of aromatic nitrogens is 4. The van der Waals surface area contributed by atoms with Gasteiger partial charge in [0.1, 0.15) is 29.6 Å². The fraction of sp³-hybridized carbons (Fsp3) is 0.474. The molecule has 2 aliphatic rings. The molecule has 3 aromatic heterocycles. The Bertz CT molecular complexity index is 964. The van der Waals surface area contributed by atoms with Crippen molar-refractivity contribution in [1.82, 2.24) is 19.9 Å². The number of piperazine rings is 1. The monoisotopic (exact) mass is 397 g/mol. The van der Waals surface area contributed by atoms with Gasteiger partial charge < -0.3 is 19.4 Å². The van der Waals surface area contributed by atoms with Crippen molar-refractivity contribution in [3.05, 3.63) is 29.7 Å². The van der Waals surface area contributed by atoms with Gasteiger partial charge >= 0.3 is 0 Å². The van der Waals surface area contributed by atoms with Crippen molar-refractivity contribution in [2.45, 2.75) is 6.92 Å². The van der Waals surface area contributed by atoms with Crippen LogP contribution < -0.4 is 14.7 Å². The van der Waals surface area contributed by atoms with Gasteiger partial charge in [0.25, 0.3) is 0 Å². The summed E-state index contributed by atoms with van der Waals surface area (Å²) in [6.07, 6.45) is 1.67. The lowest BCUT2D eigenvalue weighted by Gasteiger charge is -2.36. The fourth-order valence-corrected chi connectivity index (χ4v) is 4.66. The summed E-state index contributed by atoms with van der Waals surface area (Å²) in [6.45, 7) is 8.91. The first-order valence-electron chi connectivity index (χ1n) is 9.64. The highest BCUT2D eigenvalue weighted by Crippen LogP contribution is 2.29. The van der Waals surface area contributed by atoms with Crippen LogP contribution in [0.25, 0.3) is 10.2 Å².